The first-order valence-electron chi connectivity index (χ1n) is 11.6. The van der Waals surface area contributed by atoms with Gasteiger partial charge in [-0.1, -0.05) is 30.3 Å². The first-order chi connectivity index (χ1) is 16.5. The van der Waals surface area contributed by atoms with Gasteiger partial charge in [-0.3, -0.25) is 4.79 Å². The predicted octanol–water partition coefficient (Wildman–Crippen LogP) is 5.26. The van der Waals surface area contributed by atoms with E-state index < -0.39 is 0 Å². The standard InChI is InChI=1S/C28H29N3O3/c1-19-11-12-20(2)26(15-19)34-14-13-30-25-10-5-4-9-24(25)29-28(30)21-16-27(32)31(18-21)22-7-6-8-23(17-22)33-3/h4-12,15,17,21H,13-14,16,18H2,1-3H3/t21-/m0/s1. The Hall–Kier alpha value is -3.80. The molecule has 1 amide bonds. The van der Waals surface area contributed by atoms with Crippen LogP contribution in [0.4, 0.5) is 5.69 Å². The van der Waals surface area contributed by atoms with E-state index in [1.165, 1.54) is 5.56 Å². The summed E-state index contributed by atoms with van der Waals surface area (Å²) in [4.78, 5) is 19.8. The molecule has 0 bridgehead atoms. The minimum Gasteiger partial charge on any atom is -0.497 e. The van der Waals surface area contributed by atoms with Gasteiger partial charge in [0.25, 0.3) is 0 Å². The third-order valence-electron chi connectivity index (χ3n) is 6.46. The fourth-order valence-corrected chi connectivity index (χ4v) is 4.66. The van der Waals surface area contributed by atoms with E-state index in [-0.39, 0.29) is 11.8 Å². The van der Waals surface area contributed by atoms with E-state index in [1.54, 1.807) is 7.11 Å². The van der Waals surface area contributed by atoms with Crippen LogP contribution in [0.1, 0.15) is 29.3 Å². The minimum absolute atomic E-state index is 0.00630. The molecule has 3 aromatic carbocycles. The summed E-state index contributed by atoms with van der Waals surface area (Å²) in [5.74, 6) is 2.69. The molecule has 6 nitrogen and oxygen atoms in total. The van der Waals surface area contributed by atoms with Crippen LogP contribution in [-0.2, 0) is 11.3 Å². The van der Waals surface area contributed by atoms with E-state index in [0.29, 0.717) is 26.1 Å². The summed E-state index contributed by atoms with van der Waals surface area (Å²) in [6.45, 7) is 5.90. The summed E-state index contributed by atoms with van der Waals surface area (Å²) < 4.78 is 13.7. The van der Waals surface area contributed by atoms with E-state index in [1.807, 2.05) is 47.4 Å². The largest absolute Gasteiger partial charge is 0.497 e. The predicted molar refractivity (Wildman–Crippen MR) is 134 cm³/mol. The number of rotatable bonds is 7. The van der Waals surface area contributed by atoms with Crippen molar-refractivity contribution in [1.29, 1.82) is 0 Å². The summed E-state index contributed by atoms with van der Waals surface area (Å²) in [7, 11) is 1.64. The maximum absolute atomic E-state index is 13.0. The van der Waals surface area contributed by atoms with Crippen LogP contribution >= 0.6 is 0 Å². The molecule has 1 atom stereocenters. The molecule has 0 saturated carbocycles. The van der Waals surface area contributed by atoms with Gasteiger partial charge in [-0.2, -0.15) is 0 Å². The maximum atomic E-state index is 13.0. The summed E-state index contributed by atoms with van der Waals surface area (Å²) >= 11 is 0. The van der Waals surface area contributed by atoms with Crippen molar-refractivity contribution in [2.75, 3.05) is 25.2 Å². The van der Waals surface area contributed by atoms with Crippen molar-refractivity contribution < 1.29 is 14.3 Å². The number of imidazole rings is 1. The number of fused-ring (bicyclic) bond motifs is 1. The third-order valence-corrected chi connectivity index (χ3v) is 6.46. The number of nitrogens with zero attached hydrogens (tertiary/aromatic N) is 3. The molecule has 0 radical (unpaired) electrons. The maximum Gasteiger partial charge on any atom is 0.227 e. The number of methoxy groups -OCH3 is 1. The van der Waals surface area contributed by atoms with Crippen molar-refractivity contribution >= 4 is 22.6 Å². The number of ether oxygens (including phenoxy) is 2. The van der Waals surface area contributed by atoms with Gasteiger partial charge in [-0.25, -0.2) is 4.98 Å². The average Bonchev–Trinajstić information content (AvgIpc) is 3.42. The fourth-order valence-electron chi connectivity index (χ4n) is 4.66. The Balaban J connectivity index is 1.40. The number of aromatic nitrogens is 2. The van der Waals surface area contributed by atoms with Crippen LogP contribution < -0.4 is 14.4 Å². The first-order valence-corrected chi connectivity index (χ1v) is 11.6. The molecular weight excluding hydrogens is 426 g/mol. The molecule has 0 aliphatic carbocycles. The van der Waals surface area contributed by atoms with Gasteiger partial charge >= 0.3 is 0 Å². The van der Waals surface area contributed by atoms with Gasteiger partial charge in [0.05, 0.1) is 24.7 Å². The Morgan fingerprint density at radius 3 is 2.74 bits per heavy atom. The second-order valence-electron chi connectivity index (χ2n) is 8.83. The molecule has 174 valence electrons. The van der Waals surface area contributed by atoms with Crippen molar-refractivity contribution in [3.63, 3.8) is 0 Å². The first kappa shape index (κ1) is 22.0. The highest BCUT2D eigenvalue weighted by Gasteiger charge is 2.35. The number of hydrogen-bond donors (Lipinski definition) is 0. The monoisotopic (exact) mass is 455 g/mol. The van der Waals surface area contributed by atoms with E-state index in [4.69, 9.17) is 14.5 Å². The molecule has 2 heterocycles. The van der Waals surface area contributed by atoms with Crippen molar-refractivity contribution in [3.05, 3.63) is 83.7 Å². The minimum atomic E-state index is 0.00630. The Morgan fingerprint density at radius 2 is 1.88 bits per heavy atom. The van der Waals surface area contributed by atoms with Gasteiger partial charge in [-0.05, 0) is 55.3 Å². The lowest BCUT2D eigenvalue weighted by atomic mass is 10.1. The van der Waals surface area contributed by atoms with Crippen LogP contribution in [0.2, 0.25) is 0 Å². The summed E-state index contributed by atoms with van der Waals surface area (Å²) in [6, 6.07) is 22.0. The molecule has 1 fully saturated rings. The number of anilines is 1. The van der Waals surface area contributed by atoms with E-state index in [0.717, 1.165) is 39.6 Å². The SMILES string of the molecule is COc1cccc(N2C[C@@H](c3nc4ccccc4n3CCOc3cc(C)ccc3C)CC2=O)c1. The lowest BCUT2D eigenvalue weighted by Crippen LogP contribution is -2.24. The van der Waals surface area contributed by atoms with E-state index in [9.17, 15) is 4.79 Å². The highest BCUT2D eigenvalue weighted by molar-refractivity contribution is 5.96. The van der Waals surface area contributed by atoms with Crippen LogP contribution in [0, 0.1) is 13.8 Å². The molecule has 0 N–H and O–H groups in total. The Labute approximate surface area is 199 Å². The zero-order valence-corrected chi connectivity index (χ0v) is 19.8. The number of aryl methyl sites for hydroxylation is 2. The number of amides is 1. The Kier molecular flexibility index (Phi) is 5.97. The van der Waals surface area contributed by atoms with Crippen LogP contribution in [0.25, 0.3) is 11.0 Å². The van der Waals surface area contributed by atoms with Gasteiger partial charge in [0.2, 0.25) is 5.91 Å². The summed E-state index contributed by atoms with van der Waals surface area (Å²) in [5, 5.41) is 0. The van der Waals surface area contributed by atoms with Crippen molar-refractivity contribution in [1.82, 2.24) is 9.55 Å². The molecular formula is C28H29N3O3. The van der Waals surface area contributed by atoms with Gasteiger partial charge in [-0.15, -0.1) is 0 Å². The zero-order valence-electron chi connectivity index (χ0n) is 19.8. The van der Waals surface area contributed by atoms with Crippen LogP contribution in [0.5, 0.6) is 11.5 Å². The highest BCUT2D eigenvalue weighted by atomic mass is 16.5. The van der Waals surface area contributed by atoms with Crippen molar-refractivity contribution in [2.24, 2.45) is 0 Å². The number of carbonyl (C=O) groups excluding carboxylic acids is 1. The molecule has 5 rings (SSSR count). The molecule has 1 aliphatic heterocycles. The summed E-state index contributed by atoms with van der Waals surface area (Å²) in [6.07, 6.45) is 0.429. The zero-order chi connectivity index (χ0) is 23.7. The fraction of sp³-hybridized carbons (Fsp3) is 0.286. The van der Waals surface area contributed by atoms with Gasteiger partial charge in [0.15, 0.2) is 0 Å². The number of para-hydroxylation sites is 2. The molecule has 0 spiro atoms. The summed E-state index contributed by atoms with van der Waals surface area (Å²) in [5.41, 5.74) is 5.16. The second-order valence-corrected chi connectivity index (χ2v) is 8.83. The normalized spacial score (nSPS) is 15.8. The smallest absolute Gasteiger partial charge is 0.227 e. The van der Waals surface area contributed by atoms with E-state index in [2.05, 4.69) is 42.7 Å². The van der Waals surface area contributed by atoms with Gasteiger partial charge in [0, 0.05) is 30.6 Å². The van der Waals surface area contributed by atoms with Gasteiger partial charge < -0.3 is 18.9 Å². The van der Waals surface area contributed by atoms with Crippen LogP contribution in [-0.4, -0.2) is 35.7 Å². The molecule has 1 aromatic heterocycles. The topological polar surface area (TPSA) is 56.6 Å². The quantitative estimate of drug-likeness (QED) is 0.381. The molecule has 4 aromatic rings. The van der Waals surface area contributed by atoms with Gasteiger partial charge in [0.1, 0.15) is 23.9 Å². The molecule has 6 heteroatoms. The second kappa shape index (κ2) is 9.21. The van der Waals surface area contributed by atoms with Crippen LogP contribution in [0.3, 0.4) is 0 Å². The Bertz CT molecular complexity index is 1340. The number of hydrogen-bond acceptors (Lipinski definition) is 4. The lowest BCUT2D eigenvalue weighted by Gasteiger charge is -2.18. The molecule has 34 heavy (non-hydrogen) atoms. The molecule has 1 aliphatic rings. The van der Waals surface area contributed by atoms with Crippen molar-refractivity contribution in [3.8, 4) is 11.5 Å². The van der Waals surface area contributed by atoms with Crippen LogP contribution in [0.15, 0.2) is 66.7 Å². The number of carbonyl (C=O) groups is 1. The molecule has 1 saturated heterocycles. The Morgan fingerprint density at radius 1 is 1.03 bits per heavy atom. The highest BCUT2D eigenvalue weighted by Crippen LogP contribution is 2.34. The lowest BCUT2D eigenvalue weighted by molar-refractivity contribution is -0.117. The van der Waals surface area contributed by atoms with Crippen molar-refractivity contribution in [2.45, 2.75) is 32.7 Å². The molecule has 0 unspecified atom stereocenters. The number of benzene rings is 3. The van der Waals surface area contributed by atoms with E-state index >= 15 is 0 Å². The average molecular weight is 456 g/mol. The third kappa shape index (κ3) is 4.23.